The SMILES string of the molecule is Cc1ccccc1C(NC(=O)[C@H]1CNC[C@@H]1c1cnn(C)c1)C(C)(C)C.Cl. The Kier molecular flexibility index (Phi) is 6.71. The summed E-state index contributed by atoms with van der Waals surface area (Å²) in [6.45, 7) is 10.2. The van der Waals surface area contributed by atoms with Gasteiger partial charge in [0.25, 0.3) is 0 Å². The van der Waals surface area contributed by atoms with Crippen molar-refractivity contribution in [2.45, 2.75) is 39.7 Å². The van der Waals surface area contributed by atoms with E-state index in [-0.39, 0.29) is 41.6 Å². The summed E-state index contributed by atoms with van der Waals surface area (Å²) in [5, 5.41) is 11.0. The number of aromatic nitrogens is 2. The number of benzene rings is 1. The third kappa shape index (κ3) is 4.71. The molecule has 1 aromatic heterocycles. The van der Waals surface area contributed by atoms with Crippen LogP contribution in [0.1, 0.15) is 49.4 Å². The molecular formula is C21H31ClN4O. The number of aryl methyl sites for hydroxylation is 2. The van der Waals surface area contributed by atoms with E-state index in [1.54, 1.807) is 4.68 Å². The number of hydrogen-bond acceptors (Lipinski definition) is 3. The van der Waals surface area contributed by atoms with Crippen molar-refractivity contribution in [3.63, 3.8) is 0 Å². The molecule has 0 bridgehead atoms. The molecule has 1 unspecified atom stereocenters. The highest BCUT2D eigenvalue weighted by molar-refractivity contribution is 5.85. The summed E-state index contributed by atoms with van der Waals surface area (Å²) in [5.41, 5.74) is 3.46. The van der Waals surface area contributed by atoms with Gasteiger partial charge in [-0.3, -0.25) is 9.48 Å². The Bertz CT molecular complexity index is 780. The monoisotopic (exact) mass is 390 g/mol. The number of rotatable bonds is 4. The van der Waals surface area contributed by atoms with Crippen LogP contribution in [0, 0.1) is 18.3 Å². The zero-order chi connectivity index (χ0) is 18.9. The number of halogens is 1. The lowest BCUT2D eigenvalue weighted by molar-refractivity contribution is -0.126. The molecule has 1 aliphatic rings. The summed E-state index contributed by atoms with van der Waals surface area (Å²) < 4.78 is 1.80. The van der Waals surface area contributed by atoms with Crippen LogP contribution in [0.25, 0.3) is 0 Å². The highest BCUT2D eigenvalue weighted by Gasteiger charge is 2.37. The molecule has 0 spiro atoms. The normalized spacial score (nSPS) is 20.8. The maximum absolute atomic E-state index is 13.2. The van der Waals surface area contributed by atoms with Crippen molar-refractivity contribution in [1.82, 2.24) is 20.4 Å². The van der Waals surface area contributed by atoms with Crippen LogP contribution in [0.15, 0.2) is 36.7 Å². The minimum atomic E-state index is -0.0759. The molecular weight excluding hydrogens is 360 g/mol. The van der Waals surface area contributed by atoms with Crippen molar-refractivity contribution in [2.24, 2.45) is 18.4 Å². The predicted molar refractivity (Wildman–Crippen MR) is 111 cm³/mol. The van der Waals surface area contributed by atoms with Crippen LogP contribution in [0.4, 0.5) is 0 Å². The summed E-state index contributed by atoms with van der Waals surface area (Å²) in [7, 11) is 1.91. The number of amides is 1. The number of nitrogens with one attached hydrogen (secondary N) is 2. The van der Waals surface area contributed by atoms with E-state index in [9.17, 15) is 4.79 Å². The molecule has 1 fully saturated rings. The van der Waals surface area contributed by atoms with Gasteiger partial charge in [0, 0.05) is 32.3 Å². The molecule has 2 N–H and O–H groups in total. The van der Waals surface area contributed by atoms with E-state index in [0.717, 1.165) is 12.1 Å². The van der Waals surface area contributed by atoms with Gasteiger partial charge in [-0.05, 0) is 29.0 Å². The number of nitrogens with zero attached hydrogens (tertiary/aromatic N) is 2. The molecule has 2 aromatic rings. The van der Waals surface area contributed by atoms with Gasteiger partial charge in [0.2, 0.25) is 5.91 Å². The van der Waals surface area contributed by atoms with Gasteiger partial charge in [0.1, 0.15) is 0 Å². The van der Waals surface area contributed by atoms with Crippen molar-refractivity contribution >= 4 is 18.3 Å². The van der Waals surface area contributed by atoms with E-state index in [4.69, 9.17) is 0 Å². The average molecular weight is 391 g/mol. The fourth-order valence-electron chi connectivity index (χ4n) is 3.86. The predicted octanol–water partition coefficient (Wildman–Crippen LogP) is 3.36. The largest absolute Gasteiger partial charge is 0.348 e. The van der Waals surface area contributed by atoms with Gasteiger partial charge in [0.05, 0.1) is 18.2 Å². The van der Waals surface area contributed by atoms with E-state index in [0.29, 0.717) is 6.54 Å². The van der Waals surface area contributed by atoms with Crippen LogP contribution < -0.4 is 10.6 Å². The number of carbonyl (C=O) groups excluding carboxylic acids is 1. The standard InChI is InChI=1S/C21H30N4O.ClH/c1-14-8-6-7-9-16(14)19(21(2,3)4)24-20(26)18-12-22-11-17(18)15-10-23-25(5)13-15;/h6-10,13,17-19,22H,11-12H2,1-5H3,(H,24,26);1H/t17-,18+,19?;/m1./s1. The lowest BCUT2D eigenvalue weighted by atomic mass is 9.80. The fourth-order valence-corrected chi connectivity index (χ4v) is 3.86. The van der Waals surface area contributed by atoms with Crippen molar-refractivity contribution in [2.75, 3.05) is 13.1 Å². The highest BCUT2D eigenvalue weighted by Crippen LogP contribution is 2.36. The summed E-state index contributed by atoms with van der Waals surface area (Å²) in [5.74, 6) is 0.210. The Morgan fingerprint density at radius 1 is 1.30 bits per heavy atom. The van der Waals surface area contributed by atoms with Crippen LogP contribution in [-0.2, 0) is 11.8 Å². The first kappa shape index (κ1) is 21.5. The van der Waals surface area contributed by atoms with Crippen LogP contribution in [0.5, 0.6) is 0 Å². The van der Waals surface area contributed by atoms with E-state index in [1.807, 2.05) is 31.6 Å². The summed E-state index contributed by atoms with van der Waals surface area (Å²) in [6.07, 6.45) is 3.89. The Labute approximate surface area is 168 Å². The topological polar surface area (TPSA) is 59.0 Å². The van der Waals surface area contributed by atoms with Gasteiger partial charge in [0.15, 0.2) is 0 Å². The molecule has 1 aromatic carbocycles. The molecule has 2 heterocycles. The quantitative estimate of drug-likeness (QED) is 0.841. The second kappa shape index (κ2) is 8.44. The first-order valence-corrected chi connectivity index (χ1v) is 9.32. The first-order chi connectivity index (χ1) is 12.3. The molecule has 1 saturated heterocycles. The fraction of sp³-hybridized carbons (Fsp3) is 0.524. The van der Waals surface area contributed by atoms with Crippen molar-refractivity contribution in [1.29, 1.82) is 0 Å². The van der Waals surface area contributed by atoms with Gasteiger partial charge in [-0.1, -0.05) is 45.0 Å². The second-order valence-corrected chi connectivity index (χ2v) is 8.48. The Morgan fingerprint density at radius 2 is 2.00 bits per heavy atom. The Morgan fingerprint density at radius 3 is 2.59 bits per heavy atom. The van der Waals surface area contributed by atoms with E-state index < -0.39 is 0 Å². The zero-order valence-electron chi connectivity index (χ0n) is 16.8. The Hall–Kier alpha value is -1.85. The molecule has 0 radical (unpaired) electrons. The minimum absolute atomic E-state index is 0. The Balaban J connectivity index is 0.00000261. The van der Waals surface area contributed by atoms with Gasteiger partial charge in [-0.2, -0.15) is 5.10 Å². The highest BCUT2D eigenvalue weighted by atomic mass is 35.5. The van der Waals surface area contributed by atoms with Gasteiger partial charge < -0.3 is 10.6 Å². The van der Waals surface area contributed by atoms with Gasteiger partial charge in [-0.15, -0.1) is 12.4 Å². The average Bonchev–Trinajstić information content (AvgIpc) is 3.20. The van der Waals surface area contributed by atoms with Gasteiger partial charge >= 0.3 is 0 Å². The molecule has 27 heavy (non-hydrogen) atoms. The van der Waals surface area contributed by atoms with Crippen LogP contribution >= 0.6 is 12.4 Å². The van der Waals surface area contributed by atoms with Crippen molar-refractivity contribution in [3.05, 3.63) is 53.3 Å². The van der Waals surface area contributed by atoms with Crippen LogP contribution in [-0.4, -0.2) is 28.8 Å². The van der Waals surface area contributed by atoms with Crippen molar-refractivity contribution < 1.29 is 4.79 Å². The van der Waals surface area contributed by atoms with E-state index in [1.165, 1.54) is 11.1 Å². The van der Waals surface area contributed by atoms with Crippen LogP contribution in [0.3, 0.4) is 0 Å². The third-order valence-corrected chi connectivity index (χ3v) is 5.36. The molecule has 3 rings (SSSR count). The summed E-state index contributed by atoms with van der Waals surface area (Å²) in [6, 6.07) is 8.29. The van der Waals surface area contributed by atoms with Gasteiger partial charge in [-0.25, -0.2) is 0 Å². The summed E-state index contributed by atoms with van der Waals surface area (Å²) in [4.78, 5) is 13.2. The first-order valence-electron chi connectivity index (χ1n) is 9.32. The molecule has 6 heteroatoms. The van der Waals surface area contributed by atoms with E-state index >= 15 is 0 Å². The van der Waals surface area contributed by atoms with E-state index in [2.05, 4.69) is 55.6 Å². The smallest absolute Gasteiger partial charge is 0.225 e. The molecule has 1 aliphatic heterocycles. The lowest BCUT2D eigenvalue weighted by Crippen LogP contribution is -2.42. The van der Waals surface area contributed by atoms with Crippen LogP contribution in [0.2, 0.25) is 0 Å². The molecule has 3 atom stereocenters. The second-order valence-electron chi connectivity index (χ2n) is 8.48. The summed E-state index contributed by atoms with van der Waals surface area (Å²) >= 11 is 0. The number of carbonyl (C=O) groups is 1. The lowest BCUT2D eigenvalue weighted by Gasteiger charge is -2.34. The molecule has 148 valence electrons. The maximum Gasteiger partial charge on any atom is 0.225 e. The molecule has 0 aliphatic carbocycles. The minimum Gasteiger partial charge on any atom is -0.348 e. The molecule has 1 amide bonds. The zero-order valence-corrected chi connectivity index (χ0v) is 17.6. The molecule has 5 nitrogen and oxygen atoms in total. The maximum atomic E-state index is 13.2. The number of hydrogen-bond donors (Lipinski definition) is 2. The third-order valence-electron chi connectivity index (χ3n) is 5.36. The molecule has 0 saturated carbocycles. The van der Waals surface area contributed by atoms with Crippen molar-refractivity contribution in [3.8, 4) is 0 Å².